The van der Waals surface area contributed by atoms with Gasteiger partial charge in [-0.1, -0.05) is 44.2 Å². The first-order chi connectivity index (χ1) is 6.77. The van der Waals surface area contributed by atoms with Gasteiger partial charge in [-0.25, -0.2) is 0 Å². The van der Waals surface area contributed by atoms with Crippen molar-refractivity contribution in [3.63, 3.8) is 0 Å². The van der Waals surface area contributed by atoms with Gasteiger partial charge in [-0.3, -0.25) is 0 Å². The lowest BCUT2D eigenvalue weighted by Crippen LogP contribution is -2.02. The van der Waals surface area contributed by atoms with E-state index in [2.05, 4.69) is 44.2 Å². The third kappa shape index (κ3) is 2.88. The topological polar surface area (TPSA) is 23.8 Å². The summed E-state index contributed by atoms with van der Waals surface area (Å²) in [6.45, 7) is 4.26. The van der Waals surface area contributed by atoms with Crippen LogP contribution < -0.4 is 0 Å². The number of hydrogen-bond donors (Lipinski definition) is 0. The molecule has 0 aliphatic heterocycles. The minimum absolute atomic E-state index is 0.199. The Morgan fingerprint density at radius 2 is 1.93 bits per heavy atom. The van der Waals surface area contributed by atoms with Crippen molar-refractivity contribution in [2.24, 2.45) is 5.92 Å². The SMILES string of the molecule is CCC(C#N)CC(C)c1ccccc1. The Balaban J connectivity index is 2.59. The summed E-state index contributed by atoms with van der Waals surface area (Å²) in [6.07, 6.45) is 1.92. The quantitative estimate of drug-likeness (QED) is 0.704. The molecule has 0 aromatic heterocycles. The summed E-state index contributed by atoms with van der Waals surface area (Å²) < 4.78 is 0. The van der Waals surface area contributed by atoms with Gasteiger partial charge in [0.25, 0.3) is 0 Å². The van der Waals surface area contributed by atoms with Gasteiger partial charge in [0, 0.05) is 5.92 Å². The van der Waals surface area contributed by atoms with E-state index in [1.165, 1.54) is 5.56 Å². The van der Waals surface area contributed by atoms with Gasteiger partial charge < -0.3 is 0 Å². The van der Waals surface area contributed by atoms with Gasteiger partial charge in [0.1, 0.15) is 0 Å². The van der Waals surface area contributed by atoms with Crippen molar-refractivity contribution < 1.29 is 0 Å². The molecule has 0 saturated carbocycles. The molecule has 14 heavy (non-hydrogen) atoms. The van der Waals surface area contributed by atoms with E-state index in [0.717, 1.165) is 12.8 Å². The van der Waals surface area contributed by atoms with E-state index in [1.54, 1.807) is 0 Å². The molecule has 2 unspecified atom stereocenters. The minimum atomic E-state index is 0.199. The molecule has 1 heteroatoms. The summed E-state index contributed by atoms with van der Waals surface area (Å²) in [7, 11) is 0. The maximum atomic E-state index is 8.87. The average molecular weight is 187 g/mol. The van der Waals surface area contributed by atoms with Gasteiger partial charge in [0.15, 0.2) is 0 Å². The number of nitriles is 1. The van der Waals surface area contributed by atoms with Crippen LogP contribution in [0.3, 0.4) is 0 Å². The molecule has 0 amide bonds. The van der Waals surface area contributed by atoms with Gasteiger partial charge >= 0.3 is 0 Å². The van der Waals surface area contributed by atoms with E-state index in [0.29, 0.717) is 5.92 Å². The lowest BCUT2D eigenvalue weighted by atomic mass is 9.90. The zero-order chi connectivity index (χ0) is 10.4. The van der Waals surface area contributed by atoms with Gasteiger partial charge in [-0.15, -0.1) is 0 Å². The lowest BCUT2D eigenvalue weighted by molar-refractivity contribution is 0.526. The largest absolute Gasteiger partial charge is 0.198 e. The molecule has 0 aliphatic carbocycles. The highest BCUT2D eigenvalue weighted by Gasteiger charge is 2.11. The molecule has 1 aromatic rings. The molecular weight excluding hydrogens is 170 g/mol. The Kier molecular flexibility index (Phi) is 4.19. The summed E-state index contributed by atoms with van der Waals surface area (Å²) in [5.41, 5.74) is 1.33. The van der Waals surface area contributed by atoms with E-state index in [9.17, 15) is 0 Å². The first-order valence-corrected chi connectivity index (χ1v) is 5.22. The summed E-state index contributed by atoms with van der Waals surface area (Å²) in [5.74, 6) is 0.686. The zero-order valence-corrected chi connectivity index (χ0v) is 8.90. The molecule has 0 aliphatic rings. The standard InChI is InChI=1S/C13H17N/c1-3-12(10-14)9-11(2)13-7-5-4-6-8-13/h4-8,11-12H,3,9H2,1-2H3. The van der Waals surface area contributed by atoms with Crippen LogP contribution in [0.2, 0.25) is 0 Å². The zero-order valence-electron chi connectivity index (χ0n) is 8.90. The maximum Gasteiger partial charge on any atom is 0.0655 e. The summed E-state index contributed by atoms with van der Waals surface area (Å²) in [5, 5.41) is 8.87. The van der Waals surface area contributed by atoms with Gasteiger partial charge in [0.05, 0.1) is 6.07 Å². The van der Waals surface area contributed by atoms with Crippen LogP contribution in [-0.2, 0) is 0 Å². The highest BCUT2D eigenvalue weighted by atomic mass is 14.3. The lowest BCUT2D eigenvalue weighted by Gasteiger charge is -2.14. The molecule has 1 nitrogen and oxygen atoms in total. The molecule has 0 spiro atoms. The second-order valence-electron chi connectivity index (χ2n) is 3.78. The van der Waals surface area contributed by atoms with Gasteiger partial charge in [-0.05, 0) is 24.3 Å². The Morgan fingerprint density at radius 1 is 1.29 bits per heavy atom. The van der Waals surface area contributed by atoms with Crippen LogP contribution >= 0.6 is 0 Å². The molecule has 0 bridgehead atoms. The van der Waals surface area contributed by atoms with Crippen LogP contribution in [0.1, 0.15) is 38.2 Å². The van der Waals surface area contributed by atoms with Crippen molar-refractivity contribution in [1.29, 1.82) is 5.26 Å². The Hall–Kier alpha value is -1.29. The summed E-state index contributed by atoms with van der Waals surface area (Å²) >= 11 is 0. The van der Waals surface area contributed by atoms with E-state index >= 15 is 0 Å². The Bertz CT molecular complexity index is 297. The fourth-order valence-electron chi connectivity index (χ4n) is 1.66. The van der Waals surface area contributed by atoms with Crippen molar-refractivity contribution in [3.05, 3.63) is 35.9 Å². The van der Waals surface area contributed by atoms with E-state index < -0.39 is 0 Å². The monoisotopic (exact) mass is 187 g/mol. The molecule has 0 heterocycles. The molecule has 2 atom stereocenters. The molecule has 74 valence electrons. The summed E-state index contributed by atoms with van der Waals surface area (Å²) in [6, 6.07) is 12.8. The fourth-order valence-corrected chi connectivity index (χ4v) is 1.66. The normalized spacial score (nSPS) is 14.4. The highest BCUT2D eigenvalue weighted by Crippen LogP contribution is 2.24. The van der Waals surface area contributed by atoms with Crippen LogP contribution in [0.4, 0.5) is 0 Å². The Morgan fingerprint density at radius 3 is 2.43 bits per heavy atom. The number of benzene rings is 1. The molecule has 1 rings (SSSR count). The van der Waals surface area contributed by atoms with Crippen molar-refractivity contribution in [2.75, 3.05) is 0 Å². The first kappa shape index (κ1) is 10.8. The number of hydrogen-bond acceptors (Lipinski definition) is 1. The number of nitrogens with zero attached hydrogens (tertiary/aromatic N) is 1. The third-order valence-corrected chi connectivity index (χ3v) is 2.68. The minimum Gasteiger partial charge on any atom is -0.198 e. The van der Waals surface area contributed by atoms with Crippen molar-refractivity contribution in [1.82, 2.24) is 0 Å². The summed E-state index contributed by atoms with van der Waals surface area (Å²) in [4.78, 5) is 0. The van der Waals surface area contributed by atoms with Crippen LogP contribution in [0.15, 0.2) is 30.3 Å². The maximum absolute atomic E-state index is 8.87. The average Bonchev–Trinajstić information content (AvgIpc) is 2.26. The predicted molar refractivity (Wildman–Crippen MR) is 58.9 cm³/mol. The van der Waals surface area contributed by atoms with E-state index in [1.807, 2.05) is 6.07 Å². The van der Waals surface area contributed by atoms with Gasteiger partial charge in [-0.2, -0.15) is 5.26 Å². The van der Waals surface area contributed by atoms with Crippen LogP contribution in [0, 0.1) is 17.2 Å². The molecular formula is C13H17N. The smallest absolute Gasteiger partial charge is 0.0655 e. The van der Waals surface area contributed by atoms with Crippen LogP contribution in [0.5, 0.6) is 0 Å². The van der Waals surface area contributed by atoms with Gasteiger partial charge in [0.2, 0.25) is 0 Å². The number of rotatable bonds is 4. The van der Waals surface area contributed by atoms with Crippen LogP contribution in [0.25, 0.3) is 0 Å². The second kappa shape index (κ2) is 5.44. The fraction of sp³-hybridized carbons (Fsp3) is 0.462. The molecule has 1 aromatic carbocycles. The van der Waals surface area contributed by atoms with Crippen LogP contribution in [-0.4, -0.2) is 0 Å². The second-order valence-corrected chi connectivity index (χ2v) is 3.78. The highest BCUT2D eigenvalue weighted by molar-refractivity contribution is 5.19. The molecule has 0 N–H and O–H groups in total. The van der Waals surface area contributed by atoms with E-state index in [4.69, 9.17) is 5.26 Å². The van der Waals surface area contributed by atoms with Crippen molar-refractivity contribution in [3.8, 4) is 6.07 Å². The molecule has 0 radical (unpaired) electrons. The third-order valence-electron chi connectivity index (χ3n) is 2.68. The van der Waals surface area contributed by atoms with Crippen molar-refractivity contribution >= 4 is 0 Å². The van der Waals surface area contributed by atoms with Crippen molar-refractivity contribution in [2.45, 2.75) is 32.6 Å². The predicted octanol–water partition coefficient (Wildman–Crippen LogP) is 3.73. The first-order valence-electron chi connectivity index (χ1n) is 5.22. The molecule has 0 saturated heterocycles. The Labute approximate surface area is 86.4 Å². The van der Waals surface area contributed by atoms with E-state index in [-0.39, 0.29) is 5.92 Å². The molecule has 0 fully saturated rings.